The van der Waals surface area contributed by atoms with E-state index in [0.29, 0.717) is 0 Å². The Labute approximate surface area is 103 Å². The van der Waals surface area contributed by atoms with Gasteiger partial charge in [0.2, 0.25) is 0 Å². The van der Waals surface area contributed by atoms with Crippen molar-refractivity contribution in [2.75, 3.05) is 0 Å². The summed E-state index contributed by atoms with van der Waals surface area (Å²) in [6, 6.07) is 4.04. The molecule has 2 aromatic heterocycles. The molecule has 2 unspecified atom stereocenters. The number of pyridine rings is 1. The van der Waals surface area contributed by atoms with Gasteiger partial charge in [0.1, 0.15) is 5.65 Å². The van der Waals surface area contributed by atoms with Gasteiger partial charge in [-0.3, -0.25) is 4.40 Å². The molecule has 0 aliphatic carbocycles. The lowest BCUT2D eigenvalue weighted by atomic mass is 10.1. The second kappa shape index (κ2) is 3.57. The van der Waals surface area contributed by atoms with Crippen LogP contribution in [0.4, 0.5) is 0 Å². The molecule has 0 aromatic carbocycles. The molecule has 0 fully saturated rings. The molecule has 0 radical (unpaired) electrons. The third kappa shape index (κ3) is 1.48. The molecule has 0 saturated heterocycles. The van der Waals surface area contributed by atoms with E-state index in [0.717, 1.165) is 16.5 Å². The van der Waals surface area contributed by atoms with Crippen molar-refractivity contribution in [1.29, 1.82) is 0 Å². The molecule has 1 aliphatic heterocycles. The highest BCUT2D eigenvalue weighted by atomic mass is 79.9. The highest BCUT2D eigenvalue weighted by Crippen LogP contribution is 2.30. The number of imidazole rings is 1. The third-order valence-corrected chi connectivity index (χ3v) is 3.47. The molecule has 3 rings (SSSR count). The maximum atomic E-state index is 5.84. The smallest absolute Gasteiger partial charge is 0.137 e. The predicted octanol–water partition coefficient (Wildman–Crippen LogP) is 3.12. The Balaban J connectivity index is 2.27. The van der Waals surface area contributed by atoms with E-state index < -0.39 is 0 Å². The van der Waals surface area contributed by atoms with Gasteiger partial charge in [0.25, 0.3) is 0 Å². The Morgan fingerprint density at radius 2 is 2.25 bits per heavy atom. The Morgan fingerprint density at radius 1 is 1.44 bits per heavy atom. The van der Waals surface area contributed by atoms with Crippen molar-refractivity contribution < 1.29 is 4.74 Å². The molecule has 3 heterocycles. The molecule has 0 bridgehead atoms. The molecule has 84 valence electrons. The fourth-order valence-corrected chi connectivity index (χ4v) is 2.74. The molecule has 0 spiro atoms. The summed E-state index contributed by atoms with van der Waals surface area (Å²) in [5.41, 5.74) is 3.36. The van der Waals surface area contributed by atoms with Crippen molar-refractivity contribution in [3.8, 4) is 0 Å². The maximum absolute atomic E-state index is 5.84. The highest BCUT2D eigenvalue weighted by Gasteiger charge is 2.26. The van der Waals surface area contributed by atoms with E-state index in [1.165, 1.54) is 11.4 Å². The first-order chi connectivity index (χ1) is 7.65. The first kappa shape index (κ1) is 10.3. The first-order valence-electron chi connectivity index (χ1n) is 5.47. The molecule has 2 aromatic rings. The first-order valence-corrected chi connectivity index (χ1v) is 6.26. The number of hydrogen-bond acceptors (Lipinski definition) is 2. The molecule has 16 heavy (non-hydrogen) atoms. The lowest BCUT2D eigenvalue weighted by Gasteiger charge is -2.25. The van der Waals surface area contributed by atoms with Gasteiger partial charge in [-0.2, -0.15) is 0 Å². The van der Waals surface area contributed by atoms with Crippen LogP contribution in [0, 0.1) is 0 Å². The fraction of sp³-hybridized carbons (Fsp3) is 0.417. The molecule has 0 amide bonds. The maximum Gasteiger partial charge on any atom is 0.137 e. The zero-order valence-corrected chi connectivity index (χ0v) is 10.9. The van der Waals surface area contributed by atoms with Crippen LogP contribution in [-0.2, 0) is 11.2 Å². The Kier molecular flexibility index (Phi) is 2.30. The summed E-state index contributed by atoms with van der Waals surface area (Å²) in [5.74, 6) is 0. The number of hydrogen-bond donors (Lipinski definition) is 0. The van der Waals surface area contributed by atoms with Crippen LogP contribution in [0.2, 0.25) is 0 Å². The van der Waals surface area contributed by atoms with Crippen LogP contribution in [0.3, 0.4) is 0 Å². The zero-order chi connectivity index (χ0) is 11.3. The average Bonchev–Trinajstić information content (AvgIpc) is 2.54. The van der Waals surface area contributed by atoms with Crippen molar-refractivity contribution >= 4 is 21.6 Å². The average molecular weight is 281 g/mol. The van der Waals surface area contributed by atoms with Gasteiger partial charge < -0.3 is 4.74 Å². The molecule has 1 aliphatic rings. The van der Waals surface area contributed by atoms with E-state index >= 15 is 0 Å². The quantitative estimate of drug-likeness (QED) is 0.741. The van der Waals surface area contributed by atoms with E-state index in [4.69, 9.17) is 4.74 Å². The number of nitrogens with zero attached hydrogens (tertiary/aromatic N) is 2. The van der Waals surface area contributed by atoms with Gasteiger partial charge in [0, 0.05) is 17.1 Å². The standard InChI is InChI=1S/C12H13BrN2O/c1-7-5-10-12(8(2)16-7)15-6-9(13)3-4-11(15)14-10/h3-4,6-8H,5H2,1-2H3. The van der Waals surface area contributed by atoms with E-state index in [1.54, 1.807) is 0 Å². The summed E-state index contributed by atoms with van der Waals surface area (Å²) in [4.78, 5) is 4.66. The molecular formula is C12H13BrN2O. The van der Waals surface area contributed by atoms with Gasteiger partial charge in [-0.05, 0) is 41.9 Å². The Hall–Kier alpha value is -0.870. The molecule has 3 nitrogen and oxygen atoms in total. The van der Waals surface area contributed by atoms with Crippen LogP contribution in [-0.4, -0.2) is 15.5 Å². The normalized spacial score (nSPS) is 24.7. The van der Waals surface area contributed by atoms with Crippen molar-refractivity contribution in [3.63, 3.8) is 0 Å². The summed E-state index contributed by atoms with van der Waals surface area (Å²) in [6.07, 6.45) is 3.33. The number of fused-ring (bicyclic) bond motifs is 3. The van der Waals surface area contributed by atoms with Crippen LogP contribution < -0.4 is 0 Å². The minimum atomic E-state index is 0.114. The number of ether oxygens (including phenoxy) is 1. The molecule has 4 heteroatoms. The van der Waals surface area contributed by atoms with Crippen molar-refractivity contribution in [1.82, 2.24) is 9.38 Å². The van der Waals surface area contributed by atoms with Crippen molar-refractivity contribution in [2.24, 2.45) is 0 Å². The van der Waals surface area contributed by atoms with Crippen LogP contribution in [0.5, 0.6) is 0 Å². The van der Waals surface area contributed by atoms with Crippen LogP contribution in [0.1, 0.15) is 31.3 Å². The highest BCUT2D eigenvalue weighted by molar-refractivity contribution is 9.10. The summed E-state index contributed by atoms with van der Waals surface area (Å²) >= 11 is 3.49. The number of halogens is 1. The van der Waals surface area contributed by atoms with Gasteiger partial charge in [-0.15, -0.1) is 0 Å². The summed E-state index contributed by atoms with van der Waals surface area (Å²) < 4.78 is 9.02. The lowest BCUT2D eigenvalue weighted by molar-refractivity contribution is -0.00833. The van der Waals surface area contributed by atoms with Gasteiger partial charge in [0.15, 0.2) is 0 Å². The van der Waals surface area contributed by atoms with E-state index in [-0.39, 0.29) is 12.2 Å². The van der Waals surface area contributed by atoms with Crippen molar-refractivity contribution in [2.45, 2.75) is 32.5 Å². The Bertz CT molecular complexity index is 549. The van der Waals surface area contributed by atoms with Crippen LogP contribution in [0.25, 0.3) is 5.65 Å². The molecule has 0 N–H and O–H groups in total. The summed E-state index contributed by atoms with van der Waals surface area (Å²) in [7, 11) is 0. The number of aromatic nitrogens is 2. The molecular weight excluding hydrogens is 268 g/mol. The third-order valence-electron chi connectivity index (χ3n) is 3.00. The van der Waals surface area contributed by atoms with Gasteiger partial charge >= 0.3 is 0 Å². The monoisotopic (exact) mass is 280 g/mol. The topological polar surface area (TPSA) is 26.5 Å². The van der Waals surface area contributed by atoms with Gasteiger partial charge in [-0.25, -0.2) is 4.98 Å². The molecule has 2 atom stereocenters. The van der Waals surface area contributed by atoms with Crippen LogP contribution in [0.15, 0.2) is 22.8 Å². The lowest BCUT2D eigenvalue weighted by Crippen LogP contribution is -2.22. The summed E-state index contributed by atoms with van der Waals surface area (Å²) in [6.45, 7) is 4.18. The zero-order valence-electron chi connectivity index (χ0n) is 9.27. The van der Waals surface area contributed by atoms with Crippen molar-refractivity contribution in [3.05, 3.63) is 34.2 Å². The van der Waals surface area contributed by atoms with Gasteiger partial charge in [0.05, 0.1) is 23.6 Å². The van der Waals surface area contributed by atoms with E-state index in [1.807, 2.05) is 12.1 Å². The SMILES string of the molecule is CC1Cc2nc3ccc(Br)cn3c2C(C)O1. The number of rotatable bonds is 0. The Morgan fingerprint density at radius 3 is 3.06 bits per heavy atom. The fourth-order valence-electron chi connectivity index (χ4n) is 2.40. The van der Waals surface area contributed by atoms with Crippen LogP contribution >= 0.6 is 15.9 Å². The predicted molar refractivity (Wildman–Crippen MR) is 65.6 cm³/mol. The van der Waals surface area contributed by atoms with E-state index in [2.05, 4.69) is 45.4 Å². The van der Waals surface area contributed by atoms with Gasteiger partial charge in [-0.1, -0.05) is 0 Å². The molecule has 0 saturated carbocycles. The minimum Gasteiger partial charge on any atom is -0.369 e. The second-order valence-electron chi connectivity index (χ2n) is 4.31. The largest absolute Gasteiger partial charge is 0.369 e. The second-order valence-corrected chi connectivity index (χ2v) is 5.23. The summed E-state index contributed by atoms with van der Waals surface area (Å²) in [5, 5.41) is 0. The van der Waals surface area contributed by atoms with E-state index in [9.17, 15) is 0 Å². The minimum absolute atomic E-state index is 0.114.